The minimum absolute atomic E-state index is 0.0801. The van der Waals surface area contributed by atoms with Gasteiger partial charge in [0.15, 0.2) is 6.79 Å². The molecule has 0 aliphatic heterocycles. The van der Waals surface area contributed by atoms with Gasteiger partial charge in [-0.1, -0.05) is 0 Å². The van der Waals surface area contributed by atoms with Crippen LogP contribution in [0.2, 0.25) is 0 Å². The van der Waals surface area contributed by atoms with Gasteiger partial charge in [0.05, 0.1) is 0 Å². The van der Waals surface area contributed by atoms with E-state index in [9.17, 15) is 9.59 Å². The van der Waals surface area contributed by atoms with Crippen molar-refractivity contribution in [3.05, 3.63) is 51.1 Å². The van der Waals surface area contributed by atoms with Gasteiger partial charge in [0.25, 0.3) is 5.56 Å². The molecule has 0 amide bonds. The normalized spacial score (nSPS) is 9.37. The van der Waals surface area contributed by atoms with Gasteiger partial charge in [-0.15, -0.1) is 0 Å². The smallest absolute Gasteiger partial charge is 0.353 e. The summed E-state index contributed by atoms with van der Waals surface area (Å²) in [6.07, 6.45) is 4.38. The molecule has 0 saturated heterocycles. The average Bonchev–Trinajstić information content (AvgIpc) is 2.43. The summed E-state index contributed by atoms with van der Waals surface area (Å²) >= 11 is 0. The van der Waals surface area contributed by atoms with Crippen molar-refractivity contribution in [1.29, 1.82) is 0 Å². The van der Waals surface area contributed by atoms with Gasteiger partial charge in [0.1, 0.15) is 0 Å². The molecule has 2 aromatic rings. The molecule has 0 unspecified atom stereocenters. The van der Waals surface area contributed by atoms with E-state index in [0.29, 0.717) is 5.56 Å². The maximum atomic E-state index is 10.6. The second kappa shape index (κ2) is 7.74. The van der Waals surface area contributed by atoms with E-state index in [-0.39, 0.29) is 11.6 Å². The highest BCUT2D eigenvalue weighted by molar-refractivity contribution is 4.98. The van der Waals surface area contributed by atoms with Crippen LogP contribution in [-0.4, -0.2) is 31.8 Å². The van der Waals surface area contributed by atoms with E-state index in [1.54, 1.807) is 13.0 Å². The van der Waals surface area contributed by atoms with Crippen LogP contribution < -0.4 is 16.1 Å². The Morgan fingerprint density at radius 1 is 1.32 bits per heavy atom. The van der Waals surface area contributed by atoms with Crippen molar-refractivity contribution < 1.29 is 14.9 Å². The first-order valence-corrected chi connectivity index (χ1v) is 5.09. The Balaban J connectivity index is 0.000000191. The molecule has 0 aliphatic carbocycles. The van der Waals surface area contributed by atoms with Crippen LogP contribution in [-0.2, 0) is 4.89 Å². The molecule has 2 aromatic heterocycles. The Hall–Kier alpha value is -2.52. The summed E-state index contributed by atoms with van der Waals surface area (Å²) in [5, 5.41) is 8.12. The van der Waals surface area contributed by atoms with Gasteiger partial charge < -0.3 is 10.1 Å². The molecule has 9 heteroatoms. The first-order chi connectivity index (χ1) is 9.13. The summed E-state index contributed by atoms with van der Waals surface area (Å²) in [5.41, 5.74) is -0.293. The Morgan fingerprint density at radius 2 is 2.00 bits per heavy atom. The maximum absolute atomic E-state index is 10.6. The lowest BCUT2D eigenvalue weighted by molar-refractivity contribution is -0.258. The van der Waals surface area contributed by atoms with Crippen LogP contribution in [0, 0.1) is 6.92 Å². The van der Waals surface area contributed by atoms with Crippen LogP contribution in [0.1, 0.15) is 5.56 Å². The zero-order valence-electron chi connectivity index (χ0n) is 9.99. The van der Waals surface area contributed by atoms with E-state index < -0.39 is 12.5 Å². The fraction of sp³-hybridized carbons (Fsp3) is 0.200. The van der Waals surface area contributed by atoms with Crippen LogP contribution in [0.15, 0.2) is 34.2 Å². The minimum Gasteiger partial charge on any atom is -0.367 e. The molecule has 19 heavy (non-hydrogen) atoms. The molecule has 0 aromatic carbocycles. The molecule has 0 bridgehead atoms. The van der Waals surface area contributed by atoms with E-state index >= 15 is 0 Å². The zero-order chi connectivity index (χ0) is 14.1. The lowest BCUT2D eigenvalue weighted by Crippen LogP contribution is -2.22. The third-order valence-corrected chi connectivity index (χ3v) is 1.73. The predicted molar refractivity (Wildman–Crippen MR) is 63.3 cm³/mol. The molecule has 0 aliphatic rings. The molecule has 3 N–H and O–H groups in total. The summed E-state index contributed by atoms with van der Waals surface area (Å²) in [7, 11) is 0. The highest BCUT2D eigenvalue weighted by atomic mass is 17.2. The monoisotopic (exact) mass is 268 g/mol. The van der Waals surface area contributed by atoms with Crippen molar-refractivity contribution in [3.8, 4) is 6.01 Å². The van der Waals surface area contributed by atoms with Gasteiger partial charge in [0, 0.05) is 24.2 Å². The average molecular weight is 268 g/mol. The number of aliphatic hydroxyl groups excluding tert-OH is 1. The van der Waals surface area contributed by atoms with Crippen molar-refractivity contribution in [2.45, 2.75) is 6.92 Å². The quantitative estimate of drug-likeness (QED) is 0.374. The Kier molecular flexibility index (Phi) is 5.92. The van der Waals surface area contributed by atoms with Crippen molar-refractivity contribution in [2.24, 2.45) is 0 Å². The van der Waals surface area contributed by atoms with Crippen LogP contribution in [0.3, 0.4) is 0 Å². The van der Waals surface area contributed by atoms with Crippen LogP contribution in [0.25, 0.3) is 0 Å². The molecule has 102 valence electrons. The Labute approximate surface area is 106 Å². The Morgan fingerprint density at radius 3 is 2.53 bits per heavy atom. The number of aliphatic hydroxyl groups is 1. The van der Waals surface area contributed by atoms with Crippen molar-refractivity contribution >= 4 is 0 Å². The summed E-state index contributed by atoms with van der Waals surface area (Å²) in [5.74, 6) is 0. The zero-order valence-corrected chi connectivity index (χ0v) is 9.99. The van der Waals surface area contributed by atoms with Crippen molar-refractivity contribution in [2.75, 3.05) is 6.79 Å². The van der Waals surface area contributed by atoms with Crippen molar-refractivity contribution in [3.63, 3.8) is 0 Å². The van der Waals surface area contributed by atoms with Gasteiger partial charge in [-0.3, -0.25) is 14.7 Å². The molecule has 2 rings (SSSR count). The van der Waals surface area contributed by atoms with Gasteiger partial charge in [-0.25, -0.2) is 14.8 Å². The third kappa shape index (κ3) is 5.57. The number of aromatic amines is 2. The molecule has 0 spiro atoms. The molecular formula is C10H12N4O5. The van der Waals surface area contributed by atoms with Gasteiger partial charge in [-0.2, -0.15) is 4.89 Å². The number of nitrogens with zero attached hydrogens (tertiary/aromatic N) is 2. The molecule has 0 fully saturated rings. The fourth-order valence-corrected chi connectivity index (χ4v) is 0.885. The number of nitrogens with one attached hydrogen (secondary N) is 2. The first-order valence-electron chi connectivity index (χ1n) is 5.09. The second-order valence-corrected chi connectivity index (χ2v) is 3.12. The lowest BCUT2D eigenvalue weighted by Gasteiger charge is -1.96. The van der Waals surface area contributed by atoms with Gasteiger partial charge in [0.2, 0.25) is 0 Å². The third-order valence-electron chi connectivity index (χ3n) is 1.73. The fourth-order valence-electron chi connectivity index (χ4n) is 0.885. The number of rotatable bonds is 3. The molecule has 0 atom stereocenters. The molecule has 9 nitrogen and oxygen atoms in total. The minimum atomic E-state index is -0.516. The van der Waals surface area contributed by atoms with E-state index in [4.69, 9.17) is 5.11 Å². The topological polar surface area (TPSA) is 130 Å². The van der Waals surface area contributed by atoms with Gasteiger partial charge in [-0.05, 0) is 13.0 Å². The molecule has 0 saturated carbocycles. The highest BCUT2D eigenvalue weighted by Crippen LogP contribution is 1.96. The van der Waals surface area contributed by atoms with Crippen LogP contribution in [0.4, 0.5) is 0 Å². The summed E-state index contributed by atoms with van der Waals surface area (Å²) in [6.45, 7) is 1.10. The molecule has 0 radical (unpaired) electrons. The summed E-state index contributed by atoms with van der Waals surface area (Å²) < 4.78 is 0. The number of hydrogen-bond acceptors (Lipinski definition) is 7. The maximum Gasteiger partial charge on any atom is 0.353 e. The van der Waals surface area contributed by atoms with Crippen LogP contribution in [0.5, 0.6) is 6.01 Å². The summed E-state index contributed by atoms with van der Waals surface area (Å²) in [6, 6.07) is 1.72. The number of aryl methyl sites for hydroxylation is 1. The lowest BCUT2D eigenvalue weighted by atomic mass is 10.4. The molecule has 2 heterocycles. The highest BCUT2D eigenvalue weighted by Gasteiger charge is 1.92. The van der Waals surface area contributed by atoms with Crippen LogP contribution >= 0.6 is 0 Å². The molecular weight excluding hydrogens is 256 g/mol. The second-order valence-electron chi connectivity index (χ2n) is 3.12. The Bertz CT molecular complexity index is 595. The van der Waals surface area contributed by atoms with E-state index in [1.807, 2.05) is 0 Å². The SMILES string of the molecule is Cc1c[nH]c(=O)[nH]c1=O.OCOOc1ncccn1. The van der Waals surface area contributed by atoms with Crippen molar-refractivity contribution in [1.82, 2.24) is 19.9 Å². The first kappa shape index (κ1) is 14.5. The standard InChI is InChI=1S/C5H6N2O3.C5H6N2O2/c8-4-9-10-5-6-2-1-3-7-5;1-3-2-6-5(9)7-4(3)8/h1-3,8H,4H2;2H,1H3,(H2,6,7,8,9). The number of H-pyrrole nitrogens is 2. The van der Waals surface area contributed by atoms with E-state index in [0.717, 1.165) is 0 Å². The van der Waals surface area contributed by atoms with E-state index in [1.165, 1.54) is 18.6 Å². The summed E-state index contributed by atoms with van der Waals surface area (Å²) in [4.78, 5) is 41.1. The van der Waals surface area contributed by atoms with Gasteiger partial charge >= 0.3 is 11.7 Å². The number of hydrogen-bond donors (Lipinski definition) is 3. The predicted octanol–water partition coefficient (Wildman–Crippen LogP) is -0.892. The van der Waals surface area contributed by atoms with E-state index in [2.05, 4.69) is 29.7 Å². The number of aromatic nitrogens is 4. The largest absolute Gasteiger partial charge is 0.367 e.